The lowest BCUT2D eigenvalue weighted by atomic mass is 10.0. The molecule has 1 heterocycles. The maximum absolute atomic E-state index is 6.14. The van der Waals surface area contributed by atoms with Crippen molar-refractivity contribution < 1.29 is 4.74 Å². The van der Waals surface area contributed by atoms with Gasteiger partial charge in [-0.2, -0.15) is 0 Å². The van der Waals surface area contributed by atoms with Gasteiger partial charge in [-0.3, -0.25) is 0 Å². The second kappa shape index (κ2) is 5.65. The summed E-state index contributed by atoms with van der Waals surface area (Å²) in [5.41, 5.74) is 2.68. The first-order chi connectivity index (χ1) is 8.20. The van der Waals surface area contributed by atoms with E-state index in [2.05, 4.69) is 50.4 Å². The van der Waals surface area contributed by atoms with Crippen LogP contribution in [-0.2, 0) is 11.2 Å². The average Bonchev–Trinajstić information content (AvgIpc) is 2.39. The second-order valence-electron chi connectivity index (χ2n) is 5.16. The number of rotatable bonds is 3. The summed E-state index contributed by atoms with van der Waals surface area (Å²) in [5.74, 6) is 0.570. The number of hydrogen-bond acceptors (Lipinski definition) is 2. The Morgan fingerprint density at radius 3 is 2.53 bits per heavy atom. The molecule has 94 valence electrons. The Hall–Kier alpha value is -0.860. The van der Waals surface area contributed by atoms with Crippen LogP contribution in [0.1, 0.15) is 38.0 Å². The number of aryl methyl sites for hydroxylation is 1. The molecule has 17 heavy (non-hydrogen) atoms. The van der Waals surface area contributed by atoms with E-state index in [1.807, 2.05) is 0 Å². The van der Waals surface area contributed by atoms with Crippen molar-refractivity contribution >= 4 is 0 Å². The van der Waals surface area contributed by atoms with Gasteiger partial charge in [0.05, 0.1) is 12.2 Å². The van der Waals surface area contributed by atoms with Crippen LogP contribution in [0.4, 0.5) is 0 Å². The molecule has 0 radical (unpaired) electrons. The summed E-state index contributed by atoms with van der Waals surface area (Å²) in [6.07, 6.45) is 1.64. The Morgan fingerprint density at radius 1 is 1.24 bits per heavy atom. The van der Waals surface area contributed by atoms with Gasteiger partial charge in [0.1, 0.15) is 0 Å². The van der Waals surface area contributed by atoms with E-state index in [0.717, 1.165) is 19.5 Å². The molecule has 1 N–H and O–H groups in total. The summed E-state index contributed by atoms with van der Waals surface area (Å²) in [6, 6.07) is 8.82. The minimum absolute atomic E-state index is 0.210. The molecule has 2 atom stereocenters. The first-order valence-electron chi connectivity index (χ1n) is 6.65. The maximum atomic E-state index is 6.14. The number of benzene rings is 1. The highest BCUT2D eigenvalue weighted by atomic mass is 16.5. The normalized spacial score (nSPS) is 25.2. The Labute approximate surface area is 104 Å². The number of ether oxygens (including phenoxy) is 1. The highest BCUT2D eigenvalue weighted by Crippen LogP contribution is 2.24. The summed E-state index contributed by atoms with van der Waals surface area (Å²) in [7, 11) is 0. The Kier molecular flexibility index (Phi) is 4.19. The highest BCUT2D eigenvalue weighted by Gasteiger charge is 2.25. The Bertz CT molecular complexity index is 344. The van der Waals surface area contributed by atoms with Crippen molar-refractivity contribution in [3.8, 4) is 0 Å². The van der Waals surface area contributed by atoms with Crippen LogP contribution >= 0.6 is 0 Å². The summed E-state index contributed by atoms with van der Waals surface area (Å²) in [6.45, 7) is 8.52. The van der Waals surface area contributed by atoms with Gasteiger partial charge in [-0.15, -0.1) is 0 Å². The molecule has 2 heteroatoms. The zero-order valence-electron chi connectivity index (χ0n) is 11.1. The van der Waals surface area contributed by atoms with Gasteiger partial charge >= 0.3 is 0 Å². The number of hydrogen-bond donors (Lipinski definition) is 1. The van der Waals surface area contributed by atoms with Crippen molar-refractivity contribution in [1.82, 2.24) is 5.32 Å². The van der Waals surface area contributed by atoms with Crippen LogP contribution in [0.3, 0.4) is 0 Å². The van der Waals surface area contributed by atoms with Gasteiger partial charge in [0.25, 0.3) is 0 Å². The molecule has 1 aromatic rings. The lowest BCUT2D eigenvalue weighted by Gasteiger charge is -2.33. The van der Waals surface area contributed by atoms with Gasteiger partial charge in [0.15, 0.2) is 0 Å². The molecular weight excluding hydrogens is 210 g/mol. The summed E-state index contributed by atoms with van der Waals surface area (Å²) >= 11 is 0. The smallest absolute Gasteiger partial charge is 0.0953 e. The minimum atomic E-state index is 0.210. The third kappa shape index (κ3) is 3.08. The van der Waals surface area contributed by atoms with Gasteiger partial charge in [0, 0.05) is 13.1 Å². The van der Waals surface area contributed by atoms with Crippen molar-refractivity contribution in [2.24, 2.45) is 5.92 Å². The number of nitrogens with one attached hydrogen (secondary N) is 1. The Morgan fingerprint density at radius 2 is 1.94 bits per heavy atom. The predicted octanol–water partition coefficient (Wildman–Crippen LogP) is 2.93. The van der Waals surface area contributed by atoms with Crippen molar-refractivity contribution in [3.63, 3.8) is 0 Å². The fourth-order valence-electron chi connectivity index (χ4n) is 2.22. The molecule has 1 aliphatic rings. The molecule has 0 aromatic heterocycles. The van der Waals surface area contributed by atoms with Crippen LogP contribution in [0, 0.1) is 5.92 Å². The lowest BCUT2D eigenvalue weighted by molar-refractivity contribution is -0.0603. The molecule has 1 aromatic carbocycles. The van der Waals surface area contributed by atoms with Crippen molar-refractivity contribution in [2.75, 3.05) is 13.1 Å². The van der Waals surface area contributed by atoms with E-state index in [0.29, 0.717) is 12.0 Å². The fraction of sp³-hybridized carbons (Fsp3) is 0.600. The van der Waals surface area contributed by atoms with E-state index in [1.54, 1.807) is 0 Å². The maximum Gasteiger partial charge on any atom is 0.0953 e. The van der Waals surface area contributed by atoms with Gasteiger partial charge in [0.2, 0.25) is 0 Å². The monoisotopic (exact) mass is 233 g/mol. The van der Waals surface area contributed by atoms with E-state index in [9.17, 15) is 0 Å². The van der Waals surface area contributed by atoms with Crippen LogP contribution < -0.4 is 5.32 Å². The third-order valence-electron chi connectivity index (χ3n) is 3.52. The van der Waals surface area contributed by atoms with Crippen LogP contribution in [-0.4, -0.2) is 19.2 Å². The molecule has 1 saturated heterocycles. The van der Waals surface area contributed by atoms with E-state index in [1.165, 1.54) is 11.1 Å². The largest absolute Gasteiger partial charge is 0.367 e. The van der Waals surface area contributed by atoms with E-state index in [-0.39, 0.29) is 6.10 Å². The topological polar surface area (TPSA) is 21.3 Å². The molecular formula is C15H23NO. The first kappa shape index (κ1) is 12.6. The fourth-order valence-corrected chi connectivity index (χ4v) is 2.22. The van der Waals surface area contributed by atoms with Crippen molar-refractivity contribution in [3.05, 3.63) is 35.4 Å². The Balaban J connectivity index is 2.05. The molecule has 0 amide bonds. The SMILES string of the molecule is CCc1ccc(C2CNCC(C(C)C)O2)cc1. The number of morpholine rings is 1. The van der Waals surface area contributed by atoms with Gasteiger partial charge < -0.3 is 10.1 Å². The average molecular weight is 233 g/mol. The summed E-state index contributed by atoms with van der Waals surface area (Å²) in [4.78, 5) is 0. The summed E-state index contributed by atoms with van der Waals surface area (Å²) in [5, 5.41) is 3.47. The zero-order valence-corrected chi connectivity index (χ0v) is 11.1. The first-order valence-corrected chi connectivity index (χ1v) is 6.65. The second-order valence-corrected chi connectivity index (χ2v) is 5.16. The van der Waals surface area contributed by atoms with E-state index in [4.69, 9.17) is 4.74 Å². The molecule has 2 rings (SSSR count). The lowest BCUT2D eigenvalue weighted by Crippen LogP contribution is -2.43. The molecule has 0 saturated carbocycles. The predicted molar refractivity (Wildman–Crippen MR) is 71.1 cm³/mol. The minimum Gasteiger partial charge on any atom is -0.367 e. The molecule has 1 aliphatic heterocycles. The quantitative estimate of drug-likeness (QED) is 0.866. The van der Waals surface area contributed by atoms with Crippen molar-refractivity contribution in [2.45, 2.75) is 39.4 Å². The molecule has 2 nitrogen and oxygen atoms in total. The van der Waals surface area contributed by atoms with E-state index < -0.39 is 0 Å². The zero-order chi connectivity index (χ0) is 12.3. The highest BCUT2D eigenvalue weighted by molar-refractivity contribution is 5.24. The standard InChI is InChI=1S/C15H23NO/c1-4-12-5-7-13(8-6-12)15-10-16-9-14(17-15)11(2)3/h5-8,11,14-16H,4,9-10H2,1-3H3. The van der Waals surface area contributed by atoms with Gasteiger partial charge in [-0.05, 0) is 23.5 Å². The van der Waals surface area contributed by atoms with Crippen LogP contribution in [0.25, 0.3) is 0 Å². The summed E-state index contributed by atoms with van der Waals surface area (Å²) < 4.78 is 6.14. The molecule has 1 fully saturated rings. The van der Waals surface area contributed by atoms with Gasteiger partial charge in [-0.1, -0.05) is 45.0 Å². The van der Waals surface area contributed by atoms with Crippen LogP contribution in [0.2, 0.25) is 0 Å². The van der Waals surface area contributed by atoms with Crippen molar-refractivity contribution in [1.29, 1.82) is 0 Å². The van der Waals surface area contributed by atoms with Gasteiger partial charge in [-0.25, -0.2) is 0 Å². The molecule has 2 unspecified atom stereocenters. The van der Waals surface area contributed by atoms with Crippen LogP contribution in [0.15, 0.2) is 24.3 Å². The van der Waals surface area contributed by atoms with Crippen LogP contribution in [0.5, 0.6) is 0 Å². The molecule has 0 aliphatic carbocycles. The molecule has 0 bridgehead atoms. The third-order valence-corrected chi connectivity index (χ3v) is 3.52. The van der Waals surface area contributed by atoms with E-state index >= 15 is 0 Å². The molecule has 0 spiro atoms.